The highest BCUT2D eigenvalue weighted by Gasteiger charge is 2.16. The van der Waals surface area contributed by atoms with Crippen LogP contribution in [0.1, 0.15) is 6.92 Å². The van der Waals surface area contributed by atoms with Gasteiger partial charge in [-0.15, -0.1) is 10.2 Å². The van der Waals surface area contributed by atoms with E-state index in [0.717, 1.165) is 34.5 Å². The van der Waals surface area contributed by atoms with Gasteiger partial charge >= 0.3 is 0 Å². The highest BCUT2D eigenvalue weighted by molar-refractivity contribution is 8.15. The molecule has 3 aromatic rings. The number of rotatable bonds is 7. The summed E-state index contributed by atoms with van der Waals surface area (Å²) >= 11 is 1.15. The molecule has 1 N–H and O–H groups in total. The van der Waals surface area contributed by atoms with E-state index in [1.54, 1.807) is 14.2 Å². The van der Waals surface area contributed by atoms with Gasteiger partial charge in [0.15, 0.2) is 21.8 Å². The molecule has 0 aliphatic rings. The summed E-state index contributed by atoms with van der Waals surface area (Å²) < 4.78 is 12.1. The predicted octanol–water partition coefficient (Wildman–Crippen LogP) is 3.61. The summed E-state index contributed by atoms with van der Waals surface area (Å²) in [6.07, 6.45) is 0. The molecular weight excluding hydrogens is 390 g/mol. The van der Waals surface area contributed by atoms with Crippen LogP contribution < -0.4 is 14.9 Å². The summed E-state index contributed by atoms with van der Waals surface area (Å²) in [6.45, 7) is 1.46. The third-order valence-electron chi connectivity index (χ3n) is 4.05. The number of hydrogen-bond donors (Lipinski definition) is 1. The van der Waals surface area contributed by atoms with Gasteiger partial charge in [0.2, 0.25) is 0 Å². The maximum atomic E-state index is 12.0. The summed E-state index contributed by atoms with van der Waals surface area (Å²) in [5, 5.41) is 13.5. The lowest BCUT2D eigenvalue weighted by molar-refractivity contribution is -0.110. The minimum atomic E-state index is -0.176. The number of thioether (sulfide) groups is 1. The van der Waals surface area contributed by atoms with E-state index in [4.69, 9.17) is 9.47 Å². The number of aromatic nitrogens is 3. The third-order valence-corrected chi connectivity index (χ3v) is 5.16. The van der Waals surface area contributed by atoms with E-state index in [0.29, 0.717) is 11.0 Å². The van der Waals surface area contributed by atoms with Crippen LogP contribution in [-0.2, 0) is 11.8 Å². The molecule has 0 spiro atoms. The average Bonchev–Trinajstić information content (AvgIpc) is 3.11. The van der Waals surface area contributed by atoms with E-state index < -0.39 is 0 Å². The first-order valence-corrected chi connectivity index (χ1v) is 9.54. The van der Waals surface area contributed by atoms with Crippen LogP contribution in [0.3, 0.4) is 0 Å². The van der Waals surface area contributed by atoms with Gasteiger partial charge in [-0.1, -0.05) is 0 Å². The molecular formula is C20H21N5O3S. The van der Waals surface area contributed by atoms with Crippen LogP contribution in [0, 0.1) is 0 Å². The molecule has 0 atom stereocenters. The fraction of sp³-hybridized carbons (Fsp3) is 0.200. The van der Waals surface area contributed by atoms with E-state index >= 15 is 0 Å². The molecule has 0 amide bonds. The Kier molecular flexibility index (Phi) is 6.50. The number of carbonyl (C=O) groups is 1. The Bertz CT molecular complexity index is 1010. The second kappa shape index (κ2) is 9.24. The zero-order valence-electron chi connectivity index (χ0n) is 16.5. The normalized spacial score (nSPS) is 11.2. The van der Waals surface area contributed by atoms with E-state index in [1.807, 2.05) is 60.1 Å². The molecule has 0 saturated heterocycles. The van der Waals surface area contributed by atoms with Gasteiger partial charge in [0.25, 0.3) is 0 Å². The lowest BCUT2D eigenvalue weighted by Crippen LogP contribution is -2.09. The monoisotopic (exact) mass is 411 g/mol. The Morgan fingerprint density at radius 3 is 2.14 bits per heavy atom. The largest absolute Gasteiger partial charge is 0.497 e. The maximum absolute atomic E-state index is 12.0. The van der Waals surface area contributed by atoms with Crippen molar-refractivity contribution in [1.82, 2.24) is 14.8 Å². The van der Waals surface area contributed by atoms with Crippen LogP contribution in [0.15, 0.2) is 58.8 Å². The van der Waals surface area contributed by atoms with Gasteiger partial charge in [-0.3, -0.25) is 10.2 Å². The standard InChI is InChI=1S/C20H21N5O3S/c1-13(26)19(23-21-15-7-11-17(28-4)12-8-15)29-20-24-22-18(25(20)2)14-5-9-16(27-3)10-6-14/h5-12,21H,1-4H3. The molecule has 2 aromatic carbocycles. The molecule has 0 saturated carbocycles. The Morgan fingerprint density at radius 2 is 1.59 bits per heavy atom. The van der Waals surface area contributed by atoms with Crippen molar-refractivity contribution in [2.24, 2.45) is 12.1 Å². The van der Waals surface area contributed by atoms with Crippen molar-refractivity contribution in [1.29, 1.82) is 0 Å². The number of nitrogens with zero attached hydrogens (tertiary/aromatic N) is 4. The molecule has 0 radical (unpaired) electrons. The Hall–Kier alpha value is -3.33. The highest BCUT2D eigenvalue weighted by atomic mass is 32.2. The van der Waals surface area contributed by atoms with Gasteiger partial charge in [0, 0.05) is 19.5 Å². The molecule has 9 heteroatoms. The summed E-state index contributed by atoms with van der Waals surface area (Å²) in [4.78, 5) is 12.0. The van der Waals surface area contributed by atoms with Gasteiger partial charge in [0.1, 0.15) is 11.5 Å². The van der Waals surface area contributed by atoms with Crippen molar-refractivity contribution in [3.05, 3.63) is 48.5 Å². The summed E-state index contributed by atoms with van der Waals surface area (Å²) in [7, 11) is 5.07. The van der Waals surface area contributed by atoms with E-state index in [1.165, 1.54) is 6.92 Å². The van der Waals surface area contributed by atoms with E-state index in [2.05, 4.69) is 20.7 Å². The lowest BCUT2D eigenvalue weighted by atomic mass is 10.2. The summed E-state index contributed by atoms with van der Waals surface area (Å²) in [5.41, 5.74) is 4.52. The van der Waals surface area contributed by atoms with E-state index in [9.17, 15) is 4.79 Å². The third kappa shape index (κ3) is 4.94. The quantitative estimate of drug-likeness (QED) is 0.275. The SMILES string of the molecule is COc1ccc(NN=C(Sc2nnc(-c3ccc(OC)cc3)n2C)C(C)=O)cc1. The number of ether oxygens (including phenoxy) is 2. The molecule has 0 aliphatic heterocycles. The second-order valence-electron chi connectivity index (χ2n) is 6.01. The van der Waals surface area contributed by atoms with Crippen molar-refractivity contribution in [2.75, 3.05) is 19.6 Å². The van der Waals surface area contributed by atoms with Crippen LogP contribution in [0.4, 0.5) is 5.69 Å². The number of Topliss-reactive ketones (excluding diaryl/α,β-unsaturated/α-hetero) is 1. The van der Waals surface area contributed by atoms with Gasteiger partial charge in [0.05, 0.1) is 19.9 Å². The molecule has 1 aromatic heterocycles. The fourth-order valence-corrected chi connectivity index (χ4v) is 3.15. The first kappa shape index (κ1) is 20.4. The van der Waals surface area contributed by atoms with Gasteiger partial charge in [-0.2, -0.15) is 5.10 Å². The maximum Gasteiger partial charge on any atom is 0.197 e. The first-order chi connectivity index (χ1) is 14.0. The van der Waals surface area contributed by atoms with Crippen molar-refractivity contribution >= 4 is 28.3 Å². The molecule has 1 heterocycles. The number of ketones is 1. The van der Waals surface area contributed by atoms with Crippen LogP contribution in [0.25, 0.3) is 11.4 Å². The predicted molar refractivity (Wildman–Crippen MR) is 114 cm³/mol. The zero-order chi connectivity index (χ0) is 20.8. The molecule has 0 fully saturated rings. The molecule has 150 valence electrons. The van der Waals surface area contributed by atoms with Crippen LogP contribution in [0.2, 0.25) is 0 Å². The number of anilines is 1. The number of hydrogen-bond acceptors (Lipinski definition) is 8. The van der Waals surface area contributed by atoms with Crippen LogP contribution in [-0.4, -0.2) is 39.8 Å². The number of nitrogens with one attached hydrogen (secondary N) is 1. The lowest BCUT2D eigenvalue weighted by Gasteiger charge is -2.06. The van der Waals surface area contributed by atoms with Crippen molar-refractivity contribution in [3.8, 4) is 22.9 Å². The Balaban J connectivity index is 1.78. The zero-order valence-corrected chi connectivity index (χ0v) is 17.4. The van der Waals surface area contributed by atoms with Crippen molar-refractivity contribution < 1.29 is 14.3 Å². The first-order valence-electron chi connectivity index (χ1n) is 8.72. The molecule has 3 rings (SSSR count). The van der Waals surface area contributed by atoms with Crippen LogP contribution in [0.5, 0.6) is 11.5 Å². The van der Waals surface area contributed by atoms with Gasteiger partial charge < -0.3 is 14.0 Å². The van der Waals surface area contributed by atoms with Gasteiger partial charge in [-0.05, 0) is 60.3 Å². The summed E-state index contributed by atoms with van der Waals surface area (Å²) in [5.74, 6) is 2.01. The number of methoxy groups -OCH3 is 2. The highest BCUT2D eigenvalue weighted by Crippen LogP contribution is 2.25. The fourth-order valence-electron chi connectivity index (χ4n) is 2.44. The number of carbonyl (C=O) groups excluding carboxylic acids is 1. The molecule has 29 heavy (non-hydrogen) atoms. The number of hydrazone groups is 1. The Morgan fingerprint density at radius 1 is 1.00 bits per heavy atom. The minimum Gasteiger partial charge on any atom is -0.497 e. The van der Waals surface area contributed by atoms with Gasteiger partial charge in [-0.25, -0.2) is 0 Å². The molecule has 0 unspecified atom stereocenters. The van der Waals surface area contributed by atoms with Crippen molar-refractivity contribution in [2.45, 2.75) is 12.1 Å². The Labute approximate surface area is 172 Å². The van der Waals surface area contributed by atoms with E-state index in [-0.39, 0.29) is 10.8 Å². The topological polar surface area (TPSA) is 90.6 Å². The second-order valence-corrected chi connectivity index (χ2v) is 6.97. The number of benzene rings is 2. The minimum absolute atomic E-state index is 0.176. The molecule has 0 bridgehead atoms. The smallest absolute Gasteiger partial charge is 0.197 e. The van der Waals surface area contributed by atoms with Crippen LogP contribution >= 0.6 is 11.8 Å². The summed E-state index contributed by atoms with van der Waals surface area (Å²) in [6, 6.07) is 14.8. The molecule has 8 nitrogen and oxygen atoms in total. The van der Waals surface area contributed by atoms with Crippen molar-refractivity contribution in [3.63, 3.8) is 0 Å². The molecule has 0 aliphatic carbocycles. The average molecular weight is 411 g/mol.